The topological polar surface area (TPSA) is 60.8 Å². The fraction of sp³-hybridized carbons (Fsp3) is 0.235. The molecule has 0 aliphatic carbocycles. The van der Waals surface area contributed by atoms with Crippen LogP contribution in [0.3, 0.4) is 0 Å². The molecular formula is C17H19NO3. The molecule has 2 rings (SSSR count). The van der Waals surface area contributed by atoms with Crippen molar-refractivity contribution in [1.29, 1.82) is 0 Å². The van der Waals surface area contributed by atoms with E-state index in [1.165, 1.54) is 18.2 Å². The van der Waals surface area contributed by atoms with Crippen LogP contribution in [0.2, 0.25) is 0 Å². The first-order chi connectivity index (χ1) is 9.86. The van der Waals surface area contributed by atoms with Gasteiger partial charge in [-0.1, -0.05) is 6.07 Å². The zero-order chi connectivity index (χ0) is 15.6. The number of ketones is 1. The van der Waals surface area contributed by atoms with Crippen molar-refractivity contribution in [1.82, 2.24) is 0 Å². The molecule has 0 aliphatic heterocycles. The minimum Gasteiger partial charge on any atom is -0.508 e. The van der Waals surface area contributed by atoms with E-state index in [1.54, 1.807) is 0 Å². The van der Waals surface area contributed by atoms with Crippen molar-refractivity contribution in [2.24, 2.45) is 0 Å². The van der Waals surface area contributed by atoms with Crippen LogP contribution >= 0.6 is 0 Å². The molecule has 0 aliphatic rings. The molecule has 4 nitrogen and oxygen atoms in total. The number of Topliss-reactive ketones (excluding diaryl/α,β-unsaturated/α-hetero) is 1. The Morgan fingerprint density at radius 3 is 2.24 bits per heavy atom. The second-order valence-corrected chi connectivity index (χ2v) is 5.33. The van der Waals surface area contributed by atoms with E-state index in [0.29, 0.717) is 0 Å². The SMILES string of the molecule is Cc1cc(C)cc(N(C)CC(=O)c2ccc(O)cc2O)c1. The molecule has 0 bridgehead atoms. The number of aromatic hydroxyl groups is 2. The molecule has 0 aromatic heterocycles. The number of aryl methyl sites for hydroxylation is 2. The van der Waals surface area contributed by atoms with Crippen LogP contribution in [0, 0.1) is 13.8 Å². The van der Waals surface area contributed by atoms with Gasteiger partial charge in [0.25, 0.3) is 0 Å². The van der Waals surface area contributed by atoms with E-state index in [9.17, 15) is 15.0 Å². The molecule has 0 radical (unpaired) electrons. The summed E-state index contributed by atoms with van der Waals surface area (Å²) in [6.07, 6.45) is 0. The first-order valence-corrected chi connectivity index (χ1v) is 6.71. The van der Waals surface area contributed by atoms with Gasteiger partial charge in [-0.25, -0.2) is 0 Å². The minimum atomic E-state index is -0.200. The molecule has 4 heteroatoms. The van der Waals surface area contributed by atoms with Crippen molar-refractivity contribution in [2.45, 2.75) is 13.8 Å². The summed E-state index contributed by atoms with van der Waals surface area (Å²) in [5.41, 5.74) is 3.44. The van der Waals surface area contributed by atoms with Crippen molar-refractivity contribution in [3.05, 3.63) is 53.1 Å². The summed E-state index contributed by atoms with van der Waals surface area (Å²) < 4.78 is 0. The van der Waals surface area contributed by atoms with Gasteiger partial charge in [0.2, 0.25) is 0 Å². The molecule has 2 N–H and O–H groups in total. The van der Waals surface area contributed by atoms with Gasteiger partial charge in [0.15, 0.2) is 5.78 Å². The number of carbonyl (C=O) groups is 1. The Balaban J connectivity index is 2.18. The molecule has 2 aromatic rings. The summed E-state index contributed by atoms with van der Waals surface area (Å²) in [5, 5.41) is 19.0. The third-order valence-electron chi connectivity index (χ3n) is 3.31. The Morgan fingerprint density at radius 2 is 1.67 bits per heavy atom. The number of hydrogen-bond acceptors (Lipinski definition) is 4. The summed E-state index contributed by atoms with van der Waals surface area (Å²) in [7, 11) is 1.84. The molecule has 21 heavy (non-hydrogen) atoms. The van der Waals surface area contributed by atoms with Crippen LogP contribution in [-0.2, 0) is 0 Å². The first kappa shape index (κ1) is 14.9. The van der Waals surface area contributed by atoms with Crippen molar-refractivity contribution >= 4 is 11.5 Å². The summed E-state index contributed by atoms with van der Waals surface area (Å²) in [6.45, 7) is 4.18. The third-order valence-corrected chi connectivity index (χ3v) is 3.31. The van der Waals surface area contributed by atoms with Gasteiger partial charge in [-0.3, -0.25) is 4.79 Å². The highest BCUT2D eigenvalue weighted by Crippen LogP contribution is 2.24. The number of carbonyl (C=O) groups excluding carboxylic acids is 1. The first-order valence-electron chi connectivity index (χ1n) is 6.71. The number of anilines is 1. The maximum absolute atomic E-state index is 12.2. The molecule has 2 aromatic carbocycles. The Hall–Kier alpha value is -2.49. The van der Waals surface area contributed by atoms with E-state index in [0.717, 1.165) is 16.8 Å². The molecule has 0 saturated carbocycles. The predicted octanol–water partition coefficient (Wildman–Crippen LogP) is 3.03. The van der Waals surface area contributed by atoms with Crippen LogP contribution in [0.25, 0.3) is 0 Å². The zero-order valence-corrected chi connectivity index (χ0v) is 12.4. The van der Waals surface area contributed by atoms with Crippen molar-refractivity contribution in [2.75, 3.05) is 18.5 Å². The van der Waals surface area contributed by atoms with E-state index >= 15 is 0 Å². The Kier molecular flexibility index (Phi) is 4.17. The van der Waals surface area contributed by atoms with Crippen LogP contribution in [0.5, 0.6) is 11.5 Å². The Labute approximate surface area is 124 Å². The normalized spacial score (nSPS) is 10.4. The van der Waals surface area contributed by atoms with E-state index in [-0.39, 0.29) is 29.4 Å². The lowest BCUT2D eigenvalue weighted by molar-refractivity contribution is 0.0998. The van der Waals surface area contributed by atoms with Crippen molar-refractivity contribution < 1.29 is 15.0 Å². The summed E-state index contributed by atoms with van der Waals surface area (Å²) >= 11 is 0. The smallest absolute Gasteiger partial charge is 0.185 e. The fourth-order valence-corrected chi connectivity index (χ4v) is 2.32. The summed E-state index contributed by atoms with van der Waals surface area (Å²) in [5.74, 6) is -0.463. The molecule has 110 valence electrons. The molecule has 0 fully saturated rings. The molecule has 0 atom stereocenters. The number of nitrogens with zero attached hydrogens (tertiary/aromatic N) is 1. The van der Waals surface area contributed by atoms with Gasteiger partial charge in [0, 0.05) is 18.8 Å². The maximum Gasteiger partial charge on any atom is 0.185 e. The molecule has 0 amide bonds. The summed E-state index contributed by atoms with van der Waals surface area (Å²) in [4.78, 5) is 14.1. The average Bonchev–Trinajstić information content (AvgIpc) is 2.37. The van der Waals surface area contributed by atoms with E-state index in [4.69, 9.17) is 0 Å². The molecular weight excluding hydrogens is 266 g/mol. The van der Waals surface area contributed by atoms with Gasteiger partial charge in [0.05, 0.1) is 12.1 Å². The van der Waals surface area contributed by atoms with Crippen LogP contribution in [0.1, 0.15) is 21.5 Å². The Morgan fingerprint density at radius 1 is 1.05 bits per heavy atom. The molecule has 0 spiro atoms. The molecule has 0 saturated heterocycles. The van der Waals surface area contributed by atoms with Crippen LogP contribution in [0.15, 0.2) is 36.4 Å². The number of phenols is 2. The van der Waals surface area contributed by atoms with Gasteiger partial charge in [-0.05, 0) is 49.2 Å². The van der Waals surface area contributed by atoms with Gasteiger partial charge in [-0.2, -0.15) is 0 Å². The quantitative estimate of drug-likeness (QED) is 0.848. The van der Waals surface area contributed by atoms with Crippen LogP contribution < -0.4 is 4.90 Å². The van der Waals surface area contributed by atoms with Gasteiger partial charge >= 0.3 is 0 Å². The van der Waals surface area contributed by atoms with E-state index in [1.807, 2.05) is 37.9 Å². The largest absolute Gasteiger partial charge is 0.508 e. The number of likely N-dealkylation sites (N-methyl/N-ethyl adjacent to an activating group) is 1. The average molecular weight is 285 g/mol. The number of rotatable bonds is 4. The molecule has 0 heterocycles. The highest BCUT2D eigenvalue weighted by Gasteiger charge is 2.14. The lowest BCUT2D eigenvalue weighted by Crippen LogP contribution is -2.25. The number of hydrogen-bond donors (Lipinski definition) is 2. The van der Waals surface area contributed by atoms with Crippen molar-refractivity contribution in [3.8, 4) is 11.5 Å². The van der Waals surface area contributed by atoms with Crippen LogP contribution in [0.4, 0.5) is 5.69 Å². The fourth-order valence-electron chi connectivity index (χ4n) is 2.32. The summed E-state index contributed by atoms with van der Waals surface area (Å²) in [6, 6.07) is 10.1. The van der Waals surface area contributed by atoms with Crippen LogP contribution in [-0.4, -0.2) is 29.6 Å². The third kappa shape index (κ3) is 3.54. The standard InChI is InChI=1S/C17H19NO3/c1-11-6-12(2)8-13(7-11)18(3)10-17(21)15-5-4-14(19)9-16(15)20/h4-9,19-20H,10H2,1-3H3. The lowest BCUT2D eigenvalue weighted by atomic mass is 10.1. The van der Waals surface area contributed by atoms with Gasteiger partial charge < -0.3 is 15.1 Å². The lowest BCUT2D eigenvalue weighted by Gasteiger charge is -2.20. The van der Waals surface area contributed by atoms with E-state index in [2.05, 4.69) is 6.07 Å². The second-order valence-electron chi connectivity index (χ2n) is 5.33. The highest BCUT2D eigenvalue weighted by molar-refractivity contribution is 6.01. The monoisotopic (exact) mass is 285 g/mol. The molecule has 0 unspecified atom stereocenters. The second kappa shape index (κ2) is 5.87. The number of benzene rings is 2. The minimum absolute atomic E-state index is 0.0632. The van der Waals surface area contributed by atoms with E-state index < -0.39 is 0 Å². The number of phenolic OH excluding ortho intramolecular Hbond substituents is 2. The van der Waals surface area contributed by atoms with Gasteiger partial charge in [-0.15, -0.1) is 0 Å². The zero-order valence-electron chi connectivity index (χ0n) is 12.4. The van der Waals surface area contributed by atoms with Gasteiger partial charge in [0.1, 0.15) is 11.5 Å². The maximum atomic E-state index is 12.2. The highest BCUT2D eigenvalue weighted by atomic mass is 16.3. The predicted molar refractivity (Wildman–Crippen MR) is 83.3 cm³/mol. The Bertz CT molecular complexity index is 659. The van der Waals surface area contributed by atoms with Crippen molar-refractivity contribution in [3.63, 3.8) is 0 Å².